The highest BCUT2D eigenvalue weighted by atomic mass is 19.1. The van der Waals surface area contributed by atoms with Crippen molar-refractivity contribution in [2.24, 2.45) is 0 Å². The summed E-state index contributed by atoms with van der Waals surface area (Å²) >= 11 is 0. The van der Waals surface area contributed by atoms with Crippen LogP contribution >= 0.6 is 0 Å². The Hall–Kier alpha value is -3.19. The maximum absolute atomic E-state index is 14.7. The first kappa shape index (κ1) is 21.1. The van der Waals surface area contributed by atoms with Crippen LogP contribution in [0.3, 0.4) is 0 Å². The predicted molar refractivity (Wildman–Crippen MR) is 112 cm³/mol. The molecule has 0 saturated carbocycles. The van der Waals surface area contributed by atoms with Crippen LogP contribution in [0.25, 0.3) is 5.76 Å². The van der Waals surface area contributed by atoms with E-state index in [9.17, 15) is 19.1 Å². The Morgan fingerprint density at radius 3 is 2.77 bits per heavy atom. The lowest BCUT2D eigenvalue weighted by atomic mass is 9.94. The van der Waals surface area contributed by atoms with Gasteiger partial charge in [0.1, 0.15) is 23.4 Å². The molecule has 31 heavy (non-hydrogen) atoms. The van der Waals surface area contributed by atoms with Crippen molar-refractivity contribution in [3.05, 3.63) is 70.5 Å². The number of aliphatic hydroxyl groups excluding tert-OH is 1. The van der Waals surface area contributed by atoms with Crippen LogP contribution in [0, 0.1) is 5.82 Å². The number of rotatable bonds is 6. The number of benzene rings is 2. The molecule has 2 aromatic carbocycles. The number of aliphatic hydroxyl groups is 1. The van der Waals surface area contributed by atoms with Gasteiger partial charge in [0.2, 0.25) is 0 Å². The van der Waals surface area contributed by atoms with Gasteiger partial charge in [-0.05, 0) is 43.2 Å². The number of likely N-dealkylation sites (tertiary alicyclic amines) is 1. The number of carbonyl (C=O) groups excluding carboxylic acids is 2. The number of ether oxygens (including phenoxy) is 2. The molecule has 0 spiro atoms. The zero-order chi connectivity index (χ0) is 22.1. The van der Waals surface area contributed by atoms with Crippen LogP contribution in [-0.4, -0.2) is 48.1 Å². The van der Waals surface area contributed by atoms with Crippen molar-refractivity contribution in [2.75, 3.05) is 20.3 Å². The van der Waals surface area contributed by atoms with E-state index >= 15 is 0 Å². The quantitative estimate of drug-likeness (QED) is 0.331. The maximum Gasteiger partial charge on any atom is 0.295 e. The lowest BCUT2D eigenvalue weighted by Gasteiger charge is -2.25. The van der Waals surface area contributed by atoms with Gasteiger partial charge in [-0.25, -0.2) is 4.39 Å². The molecule has 2 heterocycles. The van der Waals surface area contributed by atoms with Gasteiger partial charge in [0, 0.05) is 37.8 Å². The fourth-order valence-electron chi connectivity index (χ4n) is 4.23. The molecular formula is C24H24FNO5. The number of fused-ring (bicyclic) bond motifs is 1. The minimum absolute atomic E-state index is 0.0252. The van der Waals surface area contributed by atoms with Crippen LogP contribution in [0.5, 0.6) is 5.75 Å². The second-order valence-electron chi connectivity index (χ2n) is 7.82. The number of amides is 1. The molecular weight excluding hydrogens is 401 g/mol. The molecule has 2 aromatic rings. The monoisotopic (exact) mass is 425 g/mol. The number of methoxy groups -OCH3 is 1. The molecule has 7 heteroatoms. The van der Waals surface area contributed by atoms with Crippen LogP contribution < -0.4 is 4.74 Å². The second-order valence-corrected chi connectivity index (χ2v) is 7.82. The van der Waals surface area contributed by atoms with Gasteiger partial charge < -0.3 is 19.5 Å². The molecule has 162 valence electrons. The first-order valence-electron chi connectivity index (χ1n) is 10.2. The fraction of sp³-hybridized carbons (Fsp3) is 0.333. The average molecular weight is 425 g/mol. The summed E-state index contributed by atoms with van der Waals surface area (Å²) in [5.74, 6) is -1.72. The highest BCUT2D eigenvalue weighted by Gasteiger charge is 2.46. The summed E-state index contributed by atoms with van der Waals surface area (Å²) in [6.07, 6.45) is 1.18. The van der Waals surface area contributed by atoms with Crippen molar-refractivity contribution < 1.29 is 28.6 Å². The maximum atomic E-state index is 14.7. The zero-order valence-corrected chi connectivity index (χ0v) is 17.4. The molecule has 0 aromatic heterocycles. The van der Waals surface area contributed by atoms with Gasteiger partial charge in [0.05, 0.1) is 11.6 Å². The summed E-state index contributed by atoms with van der Waals surface area (Å²) in [5, 5.41) is 11.1. The molecule has 0 bridgehead atoms. The van der Waals surface area contributed by atoms with Gasteiger partial charge >= 0.3 is 0 Å². The Morgan fingerprint density at radius 1 is 1.26 bits per heavy atom. The highest BCUT2D eigenvalue weighted by molar-refractivity contribution is 6.46. The average Bonchev–Trinajstić information content (AvgIpc) is 3.24. The Morgan fingerprint density at radius 2 is 2.03 bits per heavy atom. The van der Waals surface area contributed by atoms with Crippen LogP contribution in [0.1, 0.15) is 36.1 Å². The molecule has 1 amide bonds. The molecule has 0 aliphatic carbocycles. The molecule has 2 aliphatic rings. The van der Waals surface area contributed by atoms with Crippen molar-refractivity contribution in [2.45, 2.75) is 31.9 Å². The van der Waals surface area contributed by atoms with Gasteiger partial charge in [-0.2, -0.15) is 0 Å². The van der Waals surface area contributed by atoms with E-state index in [1.165, 1.54) is 23.1 Å². The summed E-state index contributed by atoms with van der Waals surface area (Å²) < 4.78 is 25.5. The minimum atomic E-state index is -1.01. The Labute approximate surface area is 179 Å². The van der Waals surface area contributed by atoms with E-state index in [2.05, 4.69) is 0 Å². The zero-order valence-electron chi connectivity index (χ0n) is 17.4. The third kappa shape index (κ3) is 3.81. The van der Waals surface area contributed by atoms with E-state index in [-0.39, 0.29) is 29.5 Å². The van der Waals surface area contributed by atoms with Crippen molar-refractivity contribution in [1.82, 2.24) is 4.90 Å². The molecule has 1 N–H and O–H groups in total. The van der Waals surface area contributed by atoms with E-state index in [0.29, 0.717) is 25.0 Å². The lowest BCUT2D eigenvalue weighted by Crippen LogP contribution is -2.31. The van der Waals surface area contributed by atoms with E-state index in [4.69, 9.17) is 9.47 Å². The number of nitrogens with zero attached hydrogens (tertiary/aromatic N) is 1. The first-order valence-corrected chi connectivity index (χ1v) is 10.2. The highest BCUT2D eigenvalue weighted by Crippen LogP contribution is 2.41. The standard InChI is InChI=1S/C24H24FNO5/c1-14-12-16-13-15(8-9-19(16)31-14)22(27)20-21(17-6-3-4-7-18(17)25)26(10-5-11-30-2)24(29)23(20)28/h3-4,6-9,13-14,21,27H,5,10-12H2,1-2H3. The van der Waals surface area contributed by atoms with Gasteiger partial charge in [-0.1, -0.05) is 18.2 Å². The first-order chi connectivity index (χ1) is 14.9. The Bertz CT molecular complexity index is 1060. The third-order valence-corrected chi connectivity index (χ3v) is 5.66. The Kier molecular flexibility index (Phi) is 5.78. The summed E-state index contributed by atoms with van der Waals surface area (Å²) in [6, 6.07) is 10.1. The van der Waals surface area contributed by atoms with Crippen molar-refractivity contribution >= 4 is 17.4 Å². The Balaban J connectivity index is 1.82. The smallest absolute Gasteiger partial charge is 0.295 e. The molecule has 0 radical (unpaired) electrons. The topological polar surface area (TPSA) is 76.1 Å². The van der Waals surface area contributed by atoms with E-state index in [1.807, 2.05) is 6.92 Å². The number of ketones is 1. The largest absolute Gasteiger partial charge is 0.507 e. The number of carbonyl (C=O) groups is 2. The van der Waals surface area contributed by atoms with Crippen LogP contribution in [0.4, 0.5) is 4.39 Å². The molecule has 2 atom stereocenters. The van der Waals surface area contributed by atoms with Crippen LogP contribution in [0.2, 0.25) is 0 Å². The van der Waals surface area contributed by atoms with Gasteiger partial charge in [-0.3, -0.25) is 9.59 Å². The molecule has 2 unspecified atom stereocenters. The normalized spacial score (nSPS) is 22.0. The van der Waals surface area contributed by atoms with E-state index in [1.54, 1.807) is 31.4 Å². The molecule has 6 nitrogen and oxygen atoms in total. The third-order valence-electron chi connectivity index (χ3n) is 5.66. The second kappa shape index (κ2) is 8.51. The van der Waals surface area contributed by atoms with Crippen LogP contribution in [0.15, 0.2) is 48.0 Å². The van der Waals surface area contributed by atoms with Gasteiger partial charge in [0.25, 0.3) is 11.7 Å². The summed E-state index contributed by atoms with van der Waals surface area (Å²) in [7, 11) is 1.54. The van der Waals surface area contributed by atoms with E-state index in [0.717, 1.165) is 11.3 Å². The summed E-state index contributed by atoms with van der Waals surface area (Å²) in [4.78, 5) is 27.1. The number of Topliss-reactive ketones (excluding diaryl/α,β-unsaturated/α-hetero) is 1. The van der Waals surface area contributed by atoms with Crippen molar-refractivity contribution in [3.8, 4) is 5.75 Å². The van der Waals surface area contributed by atoms with Crippen molar-refractivity contribution in [1.29, 1.82) is 0 Å². The fourth-order valence-corrected chi connectivity index (χ4v) is 4.23. The predicted octanol–water partition coefficient (Wildman–Crippen LogP) is 3.61. The number of halogens is 1. The number of hydrogen-bond donors (Lipinski definition) is 1. The van der Waals surface area contributed by atoms with Gasteiger partial charge in [-0.15, -0.1) is 0 Å². The van der Waals surface area contributed by atoms with Crippen LogP contribution in [-0.2, 0) is 20.7 Å². The molecule has 1 saturated heterocycles. The molecule has 2 aliphatic heterocycles. The summed E-state index contributed by atoms with van der Waals surface area (Å²) in [6.45, 7) is 2.53. The van der Waals surface area contributed by atoms with Gasteiger partial charge in [0.15, 0.2) is 0 Å². The SMILES string of the molecule is COCCCN1C(=O)C(=O)C(=C(O)c2ccc3c(c2)CC(C)O3)C1c1ccccc1F. The minimum Gasteiger partial charge on any atom is -0.507 e. The van der Waals surface area contributed by atoms with Crippen molar-refractivity contribution in [3.63, 3.8) is 0 Å². The molecule has 1 fully saturated rings. The number of hydrogen-bond acceptors (Lipinski definition) is 5. The lowest BCUT2D eigenvalue weighted by molar-refractivity contribution is -0.140. The molecule has 4 rings (SSSR count). The summed E-state index contributed by atoms with van der Waals surface area (Å²) in [5.41, 5.74) is 1.36. The van der Waals surface area contributed by atoms with E-state index < -0.39 is 23.5 Å².